The van der Waals surface area contributed by atoms with Gasteiger partial charge in [0, 0.05) is 50.3 Å². The highest BCUT2D eigenvalue weighted by atomic mass is 16.2. The summed E-state index contributed by atoms with van der Waals surface area (Å²) in [4.78, 5) is 33.6. The maximum Gasteiger partial charge on any atom is 0.233 e. The van der Waals surface area contributed by atoms with Gasteiger partial charge >= 0.3 is 0 Å². The van der Waals surface area contributed by atoms with Crippen LogP contribution in [0.1, 0.15) is 44.9 Å². The summed E-state index contributed by atoms with van der Waals surface area (Å²) in [6, 6.07) is 15.3. The Morgan fingerprint density at radius 2 is 1.33 bits per heavy atom. The van der Waals surface area contributed by atoms with Gasteiger partial charge in [-0.15, -0.1) is 0 Å². The van der Waals surface area contributed by atoms with Crippen molar-refractivity contribution >= 4 is 28.3 Å². The van der Waals surface area contributed by atoms with Crippen LogP contribution < -0.4 is 4.90 Å². The number of likely N-dealkylation sites (tertiary alicyclic amines) is 1. The molecule has 2 heterocycles. The van der Waals surface area contributed by atoms with Crippen LogP contribution in [0.25, 0.3) is 10.8 Å². The Bertz CT molecular complexity index is 1120. The van der Waals surface area contributed by atoms with Crippen molar-refractivity contribution in [1.29, 1.82) is 0 Å². The number of anilines is 1. The summed E-state index contributed by atoms with van der Waals surface area (Å²) in [7, 11) is 0. The lowest BCUT2D eigenvalue weighted by atomic mass is 9.78. The first kappa shape index (κ1) is 22.8. The van der Waals surface area contributed by atoms with Gasteiger partial charge in [0.15, 0.2) is 0 Å². The number of piperazine rings is 1. The maximum atomic E-state index is 13.3. The van der Waals surface area contributed by atoms with E-state index in [1.54, 1.807) is 4.90 Å². The van der Waals surface area contributed by atoms with Crippen molar-refractivity contribution in [2.24, 2.45) is 35.5 Å². The third kappa shape index (κ3) is 3.77. The molecule has 190 valence electrons. The van der Waals surface area contributed by atoms with Crippen molar-refractivity contribution in [3.8, 4) is 0 Å². The predicted molar refractivity (Wildman–Crippen MR) is 143 cm³/mol. The topological polar surface area (TPSA) is 43.9 Å². The van der Waals surface area contributed by atoms with E-state index in [1.165, 1.54) is 42.1 Å². The van der Waals surface area contributed by atoms with Crippen LogP contribution in [0.5, 0.6) is 0 Å². The summed E-state index contributed by atoms with van der Waals surface area (Å²) in [6.07, 6.45) is 8.38. The third-order valence-electron chi connectivity index (χ3n) is 10.5. The molecule has 2 amide bonds. The molecule has 0 radical (unpaired) electrons. The molecule has 2 aromatic rings. The van der Waals surface area contributed by atoms with Gasteiger partial charge < -0.3 is 4.90 Å². The summed E-state index contributed by atoms with van der Waals surface area (Å²) in [5, 5.41) is 2.66. The number of fused-ring (bicyclic) bond motifs is 6. The van der Waals surface area contributed by atoms with E-state index in [0.717, 1.165) is 52.0 Å². The normalized spacial score (nSPS) is 34.7. The molecule has 2 bridgehead atoms. The van der Waals surface area contributed by atoms with Gasteiger partial charge in [0.2, 0.25) is 11.8 Å². The number of carbonyl (C=O) groups is 2. The summed E-state index contributed by atoms with van der Waals surface area (Å²) in [5.41, 5.74) is 1.36. The molecular formula is C31H39N3O2. The second-order valence-electron chi connectivity index (χ2n) is 12.3. The van der Waals surface area contributed by atoms with E-state index >= 15 is 0 Å². The zero-order valence-electron chi connectivity index (χ0n) is 21.4. The minimum atomic E-state index is 0.0282. The van der Waals surface area contributed by atoms with E-state index in [1.807, 2.05) is 0 Å². The fourth-order valence-electron chi connectivity index (χ4n) is 8.64. The average molecular weight is 486 g/mol. The maximum absolute atomic E-state index is 13.3. The van der Waals surface area contributed by atoms with Gasteiger partial charge in [0.1, 0.15) is 0 Å². The fraction of sp³-hybridized carbons (Fsp3) is 0.613. The minimum Gasteiger partial charge on any atom is -0.368 e. The summed E-state index contributed by atoms with van der Waals surface area (Å²) in [6.45, 7) is 6.08. The minimum absolute atomic E-state index is 0.0282. The number of rotatable bonds is 5. The lowest BCUT2D eigenvalue weighted by Crippen LogP contribution is -2.49. The number of benzene rings is 2. The lowest BCUT2D eigenvalue weighted by molar-refractivity contribution is -0.142. The first-order valence-electron chi connectivity index (χ1n) is 14.5. The molecule has 3 aliphatic carbocycles. The first-order chi connectivity index (χ1) is 17.7. The van der Waals surface area contributed by atoms with Gasteiger partial charge in [-0.3, -0.25) is 19.4 Å². The van der Waals surface area contributed by atoms with E-state index < -0.39 is 0 Å². The summed E-state index contributed by atoms with van der Waals surface area (Å²) >= 11 is 0. The fourth-order valence-corrected chi connectivity index (χ4v) is 8.64. The van der Waals surface area contributed by atoms with Crippen LogP contribution in [0.3, 0.4) is 0 Å². The second-order valence-corrected chi connectivity index (χ2v) is 12.3. The van der Waals surface area contributed by atoms with E-state index in [4.69, 9.17) is 0 Å². The molecule has 0 spiro atoms. The van der Waals surface area contributed by atoms with E-state index in [0.29, 0.717) is 30.2 Å². The molecule has 2 aromatic carbocycles. The Hall–Kier alpha value is -2.40. The van der Waals surface area contributed by atoms with E-state index in [2.05, 4.69) is 52.3 Å². The molecule has 7 rings (SSSR count). The first-order valence-corrected chi connectivity index (χ1v) is 14.5. The van der Waals surface area contributed by atoms with E-state index in [-0.39, 0.29) is 23.7 Å². The highest BCUT2D eigenvalue weighted by molar-refractivity contribution is 6.06. The van der Waals surface area contributed by atoms with E-state index in [9.17, 15) is 9.59 Å². The standard InChI is InChI=1S/C31H39N3O2/c35-30-28-22-12-13-23(18-22)29(28)31(36)34(30)20-25-8-2-1-7-24(25)19-32-14-16-33(17-15-32)27-11-5-9-21-6-3-4-10-26(21)27/h3-6,9-11,22-25,28-29H,1-2,7-8,12-20H2. The molecule has 6 unspecified atom stereocenters. The van der Waals surface area contributed by atoms with Gasteiger partial charge in [-0.05, 0) is 67.2 Å². The SMILES string of the molecule is O=C1C2C3CCC(C3)C2C(=O)N1CC1CCCCC1CN1CCN(c2cccc3ccccc23)CC1. The monoisotopic (exact) mass is 485 g/mol. The van der Waals surface area contributed by atoms with Crippen LogP contribution in [0.2, 0.25) is 0 Å². The van der Waals surface area contributed by atoms with Crippen LogP contribution in [0.4, 0.5) is 5.69 Å². The molecule has 5 fully saturated rings. The van der Waals surface area contributed by atoms with Crippen molar-refractivity contribution in [3.05, 3.63) is 42.5 Å². The van der Waals surface area contributed by atoms with Crippen molar-refractivity contribution in [2.75, 3.05) is 44.2 Å². The highest BCUT2D eigenvalue weighted by Gasteiger charge is 2.61. The van der Waals surface area contributed by atoms with Crippen LogP contribution in [0, 0.1) is 35.5 Å². The second kappa shape index (κ2) is 9.16. The van der Waals surface area contributed by atoms with Crippen LogP contribution >= 0.6 is 0 Å². The molecule has 0 N–H and O–H groups in total. The van der Waals surface area contributed by atoms with Crippen molar-refractivity contribution < 1.29 is 9.59 Å². The zero-order valence-corrected chi connectivity index (χ0v) is 21.4. The number of hydrogen-bond donors (Lipinski definition) is 0. The molecule has 2 aliphatic heterocycles. The van der Waals surface area contributed by atoms with Crippen molar-refractivity contribution in [1.82, 2.24) is 9.80 Å². The van der Waals surface area contributed by atoms with Crippen LogP contribution in [-0.4, -0.2) is 60.9 Å². The molecule has 5 heteroatoms. The molecule has 2 saturated heterocycles. The molecule has 5 nitrogen and oxygen atoms in total. The third-order valence-corrected chi connectivity index (χ3v) is 10.5. The Kier molecular flexibility index (Phi) is 5.80. The van der Waals surface area contributed by atoms with Gasteiger partial charge in [-0.1, -0.05) is 49.2 Å². The smallest absolute Gasteiger partial charge is 0.233 e. The molecular weight excluding hydrogens is 446 g/mol. The number of hydrogen-bond acceptors (Lipinski definition) is 4. The van der Waals surface area contributed by atoms with Crippen molar-refractivity contribution in [3.63, 3.8) is 0 Å². The molecule has 0 aromatic heterocycles. The van der Waals surface area contributed by atoms with Crippen LogP contribution in [-0.2, 0) is 9.59 Å². The number of imide groups is 1. The van der Waals surface area contributed by atoms with Crippen molar-refractivity contribution in [2.45, 2.75) is 44.9 Å². The molecule has 6 atom stereocenters. The van der Waals surface area contributed by atoms with Gasteiger partial charge in [0.25, 0.3) is 0 Å². The Morgan fingerprint density at radius 3 is 2.06 bits per heavy atom. The Labute approximate surface area is 214 Å². The molecule has 3 saturated carbocycles. The van der Waals surface area contributed by atoms with Crippen LogP contribution in [0.15, 0.2) is 42.5 Å². The van der Waals surface area contributed by atoms with Gasteiger partial charge in [-0.25, -0.2) is 0 Å². The summed E-state index contributed by atoms with van der Waals surface area (Å²) < 4.78 is 0. The number of nitrogens with zero attached hydrogens (tertiary/aromatic N) is 3. The quantitative estimate of drug-likeness (QED) is 0.571. The molecule has 36 heavy (non-hydrogen) atoms. The largest absolute Gasteiger partial charge is 0.368 e. The number of carbonyl (C=O) groups excluding carboxylic acids is 2. The summed E-state index contributed by atoms with van der Waals surface area (Å²) in [5.74, 6) is 2.47. The van der Waals surface area contributed by atoms with Gasteiger partial charge in [-0.2, -0.15) is 0 Å². The Morgan fingerprint density at radius 1 is 0.694 bits per heavy atom. The molecule has 5 aliphatic rings. The lowest BCUT2D eigenvalue weighted by Gasteiger charge is -2.41. The van der Waals surface area contributed by atoms with Gasteiger partial charge in [0.05, 0.1) is 11.8 Å². The Balaban J connectivity index is 0.992. The highest BCUT2D eigenvalue weighted by Crippen LogP contribution is 2.56. The zero-order chi connectivity index (χ0) is 24.2. The average Bonchev–Trinajstić information content (AvgIpc) is 3.60. The number of amides is 2. The predicted octanol–water partition coefficient (Wildman–Crippen LogP) is 4.80.